The Morgan fingerprint density at radius 3 is 0.571 bits per heavy atom. The van der Waals surface area contributed by atoms with Gasteiger partial charge < -0.3 is 16.4 Å². The minimum absolute atomic E-state index is 0. The van der Waals surface area contributed by atoms with Crippen molar-refractivity contribution >= 4 is 23.9 Å². The van der Waals surface area contributed by atoms with E-state index in [4.69, 9.17) is 0 Å². The molecular formula is H8O3SnTiZn2. The zero-order valence-corrected chi connectivity index (χ0v) is 15.7. The Morgan fingerprint density at radius 1 is 0.571 bits per heavy atom. The van der Waals surface area contributed by atoms with Gasteiger partial charge in [-0.05, 0) is 0 Å². The summed E-state index contributed by atoms with van der Waals surface area (Å²) in [6.45, 7) is 0. The fraction of sp³-hybridized carbons (Fsp3) is 0. The number of hydrogen-bond acceptors (Lipinski definition) is 0. The molecule has 6 N–H and O–H groups in total. The summed E-state index contributed by atoms with van der Waals surface area (Å²) in [5.41, 5.74) is 0. The molecule has 0 saturated heterocycles. The Balaban J connectivity index is 0. The van der Waals surface area contributed by atoms with E-state index in [1.807, 2.05) is 0 Å². The van der Waals surface area contributed by atoms with Crippen LogP contribution in [0.3, 0.4) is 0 Å². The molecule has 0 rings (SSSR count). The molecule has 0 aromatic carbocycles. The molecule has 0 aromatic heterocycles. The molecule has 2 radical (unpaired) electrons. The minimum Gasteiger partial charge on any atom is 0 e. The molecule has 0 amide bonds. The van der Waals surface area contributed by atoms with Crippen molar-refractivity contribution < 1.29 is 77.1 Å². The third-order valence-corrected chi connectivity index (χ3v) is 0. The summed E-state index contributed by atoms with van der Waals surface area (Å²) in [6, 6.07) is 0. The van der Waals surface area contributed by atoms with Crippen LogP contribution in [0.15, 0.2) is 0 Å². The van der Waals surface area contributed by atoms with E-state index in [9.17, 15) is 0 Å². The van der Waals surface area contributed by atoms with Gasteiger partial charge in [0.15, 0.2) is 0 Å². The van der Waals surface area contributed by atoms with Gasteiger partial charge in [-0.3, -0.25) is 0 Å². The first kappa shape index (κ1) is 103. The zero-order chi connectivity index (χ0) is 0. The van der Waals surface area contributed by atoms with Gasteiger partial charge in [0.25, 0.3) is 0 Å². The molecule has 0 bridgehead atoms. The molecule has 3 nitrogen and oxygen atoms in total. The third kappa shape index (κ3) is 54.7. The second kappa shape index (κ2) is 72.4. The van der Waals surface area contributed by atoms with Crippen molar-refractivity contribution in [2.75, 3.05) is 0 Å². The quantitative estimate of drug-likeness (QED) is 0.406. The first-order chi connectivity index (χ1) is 0. The van der Waals surface area contributed by atoms with Gasteiger partial charge in [-0.1, -0.05) is 0 Å². The van der Waals surface area contributed by atoms with E-state index in [0.717, 1.165) is 0 Å². The molecule has 0 heterocycles. The van der Waals surface area contributed by atoms with Crippen LogP contribution in [0, 0.1) is 0 Å². The van der Waals surface area contributed by atoms with E-state index in [1.54, 1.807) is 0 Å². The molecular weight excluding hydrogens is 345 g/mol. The summed E-state index contributed by atoms with van der Waals surface area (Å²) in [5.74, 6) is 0. The van der Waals surface area contributed by atoms with Crippen molar-refractivity contribution in [1.29, 1.82) is 0 Å². The minimum atomic E-state index is 0. The molecule has 0 aliphatic heterocycles. The topological polar surface area (TPSA) is 94.5 Å². The SMILES string of the molecule is O.O.O.[SnH2].[Ti].[Zn].[Zn]. The largest absolute Gasteiger partial charge is 0 e. The van der Waals surface area contributed by atoms with E-state index >= 15 is 0 Å². The second-order valence-electron chi connectivity index (χ2n) is 0. The van der Waals surface area contributed by atoms with Gasteiger partial charge >= 0.3 is 23.9 Å². The Hall–Kier alpha value is 2.64. The van der Waals surface area contributed by atoms with Crippen LogP contribution in [-0.4, -0.2) is 40.3 Å². The van der Waals surface area contributed by atoms with Gasteiger partial charge in [-0.25, -0.2) is 0 Å². The second-order valence-corrected chi connectivity index (χ2v) is 0. The van der Waals surface area contributed by atoms with Gasteiger partial charge in [0, 0.05) is 60.7 Å². The Kier molecular flexibility index (Phi) is 1070. The molecule has 0 aliphatic carbocycles. The van der Waals surface area contributed by atoms with Crippen LogP contribution in [0.1, 0.15) is 0 Å². The van der Waals surface area contributed by atoms with Crippen LogP contribution in [0.2, 0.25) is 0 Å². The van der Waals surface area contributed by atoms with Crippen LogP contribution >= 0.6 is 0 Å². The molecule has 0 unspecified atom stereocenters. The predicted octanol–water partition coefficient (Wildman–Crippen LogP) is -3.40. The van der Waals surface area contributed by atoms with Crippen molar-refractivity contribution in [2.45, 2.75) is 0 Å². The normalized spacial score (nSPS) is 0. The van der Waals surface area contributed by atoms with Crippen LogP contribution in [0.4, 0.5) is 0 Å². The molecule has 0 atom stereocenters. The van der Waals surface area contributed by atoms with E-state index in [0.29, 0.717) is 0 Å². The van der Waals surface area contributed by atoms with E-state index in [-0.39, 0.29) is 101 Å². The number of hydrogen-bond donors (Lipinski definition) is 0. The summed E-state index contributed by atoms with van der Waals surface area (Å²) < 4.78 is 0. The maximum absolute atomic E-state index is 0. The van der Waals surface area contributed by atoms with E-state index in [2.05, 4.69) is 0 Å². The van der Waals surface area contributed by atoms with Crippen molar-refractivity contribution in [1.82, 2.24) is 0 Å². The maximum atomic E-state index is 0. The van der Waals surface area contributed by atoms with Crippen molar-refractivity contribution in [3.8, 4) is 0 Å². The van der Waals surface area contributed by atoms with Crippen molar-refractivity contribution in [3.05, 3.63) is 0 Å². The molecule has 7 heavy (non-hydrogen) atoms. The molecule has 0 spiro atoms. The molecule has 0 fully saturated rings. The van der Waals surface area contributed by atoms with Crippen LogP contribution in [-0.2, 0) is 60.7 Å². The summed E-state index contributed by atoms with van der Waals surface area (Å²) >= 11 is 0. The van der Waals surface area contributed by atoms with Gasteiger partial charge in [0.1, 0.15) is 0 Å². The molecule has 38 valence electrons. The average molecular weight is 353 g/mol. The van der Waals surface area contributed by atoms with Crippen molar-refractivity contribution in [3.63, 3.8) is 0 Å². The molecule has 0 saturated carbocycles. The zero-order valence-electron chi connectivity index (χ0n) is 4.12. The van der Waals surface area contributed by atoms with Crippen LogP contribution in [0.25, 0.3) is 0 Å². The summed E-state index contributed by atoms with van der Waals surface area (Å²) in [5, 5.41) is 0. The van der Waals surface area contributed by atoms with Gasteiger partial charge in [-0.2, -0.15) is 0 Å². The molecule has 0 aliphatic rings. The fourth-order valence-electron chi connectivity index (χ4n) is 0. The Labute approximate surface area is 99.7 Å². The van der Waals surface area contributed by atoms with Crippen LogP contribution in [0.5, 0.6) is 0 Å². The summed E-state index contributed by atoms with van der Waals surface area (Å²) in [7, 11) is 0. The standard InChI is InChI=1S/3H2O.Sn.Ti.2Zn.2H/h3*1H2;;;;;;. The summed E-state index contributed by atoms with van der Waals surface area (Å²) in [6.07, 6.45) is 0. The average Bonchev–Trinajstić information content (AvgIpc) is 0. The maximum Gasteiger partial charge on any atom is 0 e. The molecule has 0 aromatic rings. The van der Waals surface area contributed by atoms with Gasteiger partial charge in [0.2, 0.25) is 0 Å². The van der Waals surface area contributed by atoms with E-state index < -0.39 is 0 Å². The van der Waals surface area contributed by atoms with E-state index in [1.165, 1.54) is 0 Å². The number of rotatable bonds is 0. The Bertz CT molecular complexity index is 12.9. The van der Waals surface area contributed by atoms with Crippen LogP contribution < -0.4 is 0 Å². The third-order valence-electron chi connectivity index (χ3n) is 0. The Morgan fingerprint density at radius 2 is 0.571 bits per heavy atom. The monoisotopic (exact) mass is 352 g/mol. The summed E-state index contributed by atoms with van der Waals surface area (Å²) in [4.78, 5) is 0. The smallest absolute Gasteiger partial charge is 0 e. The fourth-order valence-corrected chi connectivity index (χ4v) is 0. The first-order valence-electron chi connectivity index (χ1n) is 0. The van der Waals surface area contributed by atoms with Gasteiger partial charge in [0.05, 0.1) is 0 Å². The van der Waals surface area contributed by atoms with Gasteiger partial charge in [-0.15, -0.1) is 0 Å². The molecule has 7 heteroatoms. The first-order valence-corrected chi connectivity index (χ1v) is 0. The van der Waals surface area contributed by atoms with Crippen molar-refractivity contribution in [2.24, 2.45) is 0 Å². The predicted molar refractivity (Wildman–Crippen MR) is 19.4 cm³/mol.